The SMILES string of the molecule is Cn1c(-c2ccccc2)c(NC2NCCN2)c2ccccc21. The van der Waals surface area contributed by atoms with Crippen LogP contribution in [0.1, 0.15) is 0 Å². The van der Waals surface area contributed by atoms with Crippen LogP contribution in [0.5, 0.6) is 0 Å². The van der Waals surface area contributed by atoms with Gasteiger partial charge in [0.25, 0.3) is 0 Å². The van der Waals surface area contributed by atoms with Crippen LogP contribution in [0, 0.1) is 0 Å². The minimum Gasteiger partial charge on any atom is -0.355 e. The molecule has 4 rings (SSSR count). The normalized spacial score (nSPS) is 15.5. The molecule has 3 aromatic rings. The Bertz CT molecular complexity index is 785. The van der Waals surface area contributed by atoms with E-state index in [0.717, 1.165) is 13.1 Å². The Labute approximate surface area is 130 Å². The third kappa shape index (κ3) is 2.17. The second-order valence-electron chi connectivity index (χ2n) is 5.65. The van der Waals surface area contributed by atoms with E-state index >= 15 is 0 Å². The van der Waals surface area contributed by atoms with Gasteiger partial charge in [0.05, 0.1) is 16.9 Å². The van der Waals surface area contributed by atoms with Crippen LogP contribution in [0.25, 0.3) is 22.2 Å². The number of nitrogens with zero attached hydrogens (tertiary/aromatic N) is 1. The Balaban J connectivity index is 1.91. The fourth-order valence-electron chi connectivity index (χ4n) is 3.22. The maximum atomic E-state index is 3.63. The van der Waals surface area contributed by atoms with Crippen molar-refractivity contribution in [2.75, 3.05) is 18.4 Å². The molecule has 4 heteroatoms. The highest BCUT2D eigenvalue weighted by Crippen LogP contribution is 2.37. The van der Waals surface area contributed by atoms with Gasteiger partial charge >= 0.3 is 0 Å². The van der Waals surface area contributed by atoms with Crippen LogP contribution in [-0.2, 0) is 7.05 Å². The molecule has 0 unspecified atom stereocenters. The van der Waals surface area contributed by atoms with Crippen LogP contribution in [0.3, 0.4) is 0 Å². The average molecular weight is 292 g/mol. The highest BCUT2D eigenvalue weighted by Gasteiger charge is 2.20. The van der Waals surface area contributed by atoms with E-state index in [2.05, 4.69) is 82.2 Å². The first kappa shape index (κ1) is 13.4. The van der Waals surface area contributed by atoms with Gasteiger partial charge in [0.2, 0.25) is 0 Å². The van der Waals surface area contributed by atoms with E-state index in [1.807, 2.05) is 0 Å². The van der Waals surface area contributed by atoms with E-state index in [9.17, 15) is 0 Å². The summed E-state index contributed by atoms with van der Waals surface area (Å²) < 4.78 is 2.27. The molecule has 0 bridgehead atoms. The number of fused-ring (bicyclic) bond motifs is 1. The quantitative estimate of drug-likeness (QED) is 0.695. The zero-order chi connectivity index (χ0) is 14.9. The van der Waals surface area contributed by atoms with Gasteiger partial charge in [-0.1, -0.05) is 48.5 Å². The zero-order valence-electron chi connectivity index (χ0n) is 12.6. The molecule has 1 aliphatic rings. The molecule has 1 fully saturated rings. The van der Waals surface area contributed by atoms with Crippen molar-refractivity contribution in [3.05, 3.63) is 54.6 Å². The Kier molecular flexibility index (Phi) is 3.33. The van der Waals surface area contributed by atoms with Gasteiger partial charge < -0.3 is 9.88 Å². The number of hydrogen-bond donors (Lipinski definition) is 3. The first-order chi connectivity index (χ1) is 10.8. The van der Waals surface area contributed by atoms with E-state index in [1.165, 1.54) is 27.8 Å². The number of rotatable bonds is 3. The van der Waals surface area contributed by atoms with E-state index in [-0.39, 0.29) is 6.29 Å². The Hall–Kier alpha value is -2.30. The number of hydrogen-bond acceptors (Lipinski definition) is 3. The molecule has 1 saturated heterocycles. The molecule has 0 saturated carbocycles. The lowest BCUT2D eigenvalue weighted by Gasteiger charge is -2.16. The summed E-state index contributed by atoms with van der Waals surface area (Å²) in [4.78, 5) is 0. The summed E-state index contributed by atoms with van der Waals surface area (Å²) in [5.41, 5.74) is 4.86. The average Bonchev–Trinajstić information content (AvgIpc) is 3.17. The molecule has 1 aliphatic heterocycles. The molecule has 0 atom stereocenters. The smallest absolute Gasteiger partial charge is 0.132 e. The van der Waals surface area contributed by atoms with Crippen molar-refractivity contribution in [1.82, 2.24) is 15.2 Å². The van der Waals surface area contributed by atoms with Crippen molar-refractivity contribution < 1.29 is 0 Å². The van der Waals surface area contributed by atoms with Crippen molar-refractivity contribution in [3.63, 3.8) is 0 Å². The first-order valence-corrected chi connectivity index (χ1v) is 7.71. The molecule has 112 valence electrons. The minimum absolute atomic E-state index is 0.119. The van der Waals surface area contributed by atoms with E-state index in [1.54, 1.807) is 0 Å². The lowest BCUT2D eigenvalue weighted by atomic mass is 10.1. The molecule has 22 heavy (non-hydrogen) atoms. The molecule has 2 aromatic carbocycles. The monoisotopic (exact) mass is 292 g/mol. The summed E-state index contributed by atoms with van der Waals surface area (Å²) in [6, 6.07) is 19.1. The minimum atomic E-state index is 0.119. The molecule has 3 N–H and O–H groups in total. The highest BCUT2D eigenvalue weighted by atomic mass is 15.3. The summed E-state index contributed by atoms with van der Waals surface area (Å²) in [6.45, 7) is 1.98. The van der Waals surface area contributed by atoms with Crippen LogP contribution in [0.2, 0.25) is 0 Å². The van der Waals surface area contributed by atoms with E-state index < -0.39 is 0 Å². The van der Waals surface area contributed by atoms with Crippen LogP contribution < -0.4 is 16.0 Å². The molecule has 2 heterocycles. The summed E-state index contributed by atoms with van der Waals surface area (Å²) in [6.07, 6.45) is 0.119. The summed E-state index contributed by atoms with van der Waals surface area (Å²) in [5, 5.41) is 11.7. The fourth-order valence-corrected chi connectivity index (χ4v) is 3.22. The van der Waals surface area contributed by atoms with Gasteiger partial charge in [-0.25, -0.2) is 0 Å². The molecular weight excluding hydrogens is 272 g/mol. The van der Waals surface area contributed by atoms with Crippen molar-refractivity contribution in [2.24, 2.45) is 7.05 Å². The lowest BCUT2D eigenvalue weighted by molar-refractivity contribution is 0.621. The second kappa shape index (κ2) is 5.48. The lowest BCUT2D eigenvalue weighted by Crippen LogP contribution is -2.38. The number of anilines is 1. The van der Waals surface area contributed by atoms with Crippen molar-refractivity contribution >= 4 is 16.6 Å². The summed E-state index contributed by atoms with van der Waals surface area (Å²) in [7, 11) is 2.13. The molecule has 4 nitrogen and oxygen atoms in total. The first-order valence-electron chi connectivity index (χ1n) is 7.71. The topological polar surface area (TPSA) is 41.0 Å². The third-order valence-electron chi connectivity index (χ3n) is 4.26. The molecule has 0 amide bonds. The number of benzene rings is 2. The second-order valence-corrected chi connectivity index (χ2v) is 5.65. The van der Waals surface area contributed by atoms with Gasteiger partial charge in [-0.05, 0) is 6.07 Å². The predicted octanol–water partition coefficient (Wildman–Crippen LogP) is 2.73. The Morgan fingerprint density at radius 2 is 1.64 bits per heavy atom. The number of para-hydroxylation sites is 1. The molecule has 1 aromatic heterocycles. The van der Waals surface area contributed by atoms with E-state index in [4.69, 9.17) is 0 Å². The Morgan fingerprint density at radius 1 is 0.955 bits per heavy atom. The third-order valence-corrected chi connectivity index (χ3v) is 4.26. The summed E-state index contributed by atoms with van der Waals surface area (Å²) in [5.74, 6) is 0. The van der Waals surface area contributed by atoms with Crippen molar-refractivity contribution in [1.29, 1.82) is 0 Å². The van der Waals surface area contributed by atoms with Gasteiger partial charge in [-0.15, -0.1) is 0 Å². The van der Waals surface area contributed by atoms with Gasteiger partial charge in [-0.2, -0.15) is 0 Å². The molecule has 0 radical (unpaired) electrons. The molecular formula is C18H20N4. The van der Waals surface area contributed by atoms with Crippen LogP contribution >= 0.6 is 0 Å². The van der Waals surface area contributed by atoms with Crippen LogP contribution in [-0.4, -0.2) is 23.9 Å². The summed E-state index contributed by atoms with van der Waals surface area (Å²) >= 11 is 0. The van der Waals surface area contributed by atoms with Crippen molar-refractivity contribution in [2.45, 2.75) is 6.29 Å². The number of aryl methyl sites for hydroxylation is 1. The molecule has 0 spiro atoms. The van der Waals surface area contributed by atoms with Gasteiger partial charge in [0, 0.05) is 31.1 Å². The zero-order valence-corrected chi connectivity index (χ0v) is 12.6. The number of nitrogens with one attached hydrogen (secondary N) is 3. The van der Waals surface area contributed by atoms with Gasteiger partial charge in [-0.3, -0.25) is 10.6 Å². The van der Waals surface area contributed by atoms with Crippen LogP contribution in [0.15, 0.2) is 54.6 Å². The molecule has 0 aliphatic carbocycles. The maximum absolute atomic E-state index is 3.63. The standard InChI is InChI=1S/C18H20N4/c1-22-15-10-6-5-9-14(15)16(21-18-19-11-12-20-18)17(22)13-7-3-2-4-8-13/h2-10,18-21H,11-12H2,1H3. The van der Waals surface area contributed by atoms with Crippen molar-refractivity contribution in [3.8, 4) is 11.3 Å². The van der Waals surface area contributed by atoms with Gasteiger partial charge in [0.1, 0.15) is 6.29 Å². The maximum Gasteiger partial charge on any atom is 0.132 e. The van der Waals surface area contributed by atoms with Gasteiger partial charge in [0.15, 0.2) is 0 Å². The fraction of sp³-hybridized carbons (Fsp3) is 0.222. The predicted molar refractivity (Wildman–Crippen MR) is 91.8 cm³/mol. The number of aromatic nitrogens is 1. The van der Waals surface area contributed by atoms with E-state index in [0.29, 0.717) is 0 Å². The highest BCUT2D eigenvalue weighted by molar-refractivity contribution is 6.02. The largest absolute Gasteiger partial charge is 0.355 e. The Morgan fingerprint density at radius 3 is 2.41 bits per heavy atom. The van der Waals surface area contributed by atoms with Crippen LogP contribution in [0.4, 0.5) is 5.69 Å².